The third kappa shape index (κ3) is 2.49. The van der Waals surface area contributed by atoms with Crippen molar-refractivity contribution in [2.75, 3.05) is 6.54 Å². The number of alkyl halides is 2. The first-order valence-electron chi connectivity index (χ1n) is 7.23. The smallest absolute Gasteiger partial charge is 0.248 e. The van der Waals surface area contributed by atoms with Gasteiger partial charge >= 0.3 is 0 Å². The van der Waals surface area contributed by atoms with E-state index in [9.17, 15) is 8.78 Å². The molecule has 3 heteroatoms. The van der Waals surface area contributed by atoms with Gasteiger partial charge in [0.05, 0.1) is 0 Å². The van der Waals surface area contributed by atoms with E-state index in [1.165, 1.54) is 25.7 Å². The van der Waals surface area contributed by atoms with E-state index < -0.39 is 5.92 Å². The second-order valence-corrected chi connectivity index (χ2v) is 6.48. The Bertz CT molecular complexity index is 280. The summed E-state index contributed by atoms with van der Waals surface area (Å²) >= 11 is 0. The zero-order valence-electron chi connectivity index (χ0n) is 10.5. The Labute approximate surface area is 102 Å². The van der Waals surface area contributed by atoms with E-state index in [1.807, 2.05) is 0 Å². The molecular formula is C14H23F2N. The van der Waals surface area contributed by atoms with E-state index >= 15 is 0 Å². The van der Waals surface area contributed by atoms with Gasteiger partial charge in [-0.25, -0.2) is 8.78 Å². The number of hydrogen-bond donors (Lipinski definition) is 1. The van der Waals surface area contributed by atoms with E-state index in [2.05, 4.69) is 5.32 Å². The summed E-state index contributed by atoms with van der Waals surface area (Å²) in [5, 5.41) is 3.66. The van der Waals surface area contributed by atoms with E-state index in [4.69, 9.17) is 0 Å². The molecule has 17 heavy (non-hydrogen) atoms. The van der Waals surface area contributed by atoms with Gasteiger partial charge in [0.15, 0.2) is 0 Å². The molecule has 1 heterocycles. The fourth-order valence-electron chi connectivity index (χ4n) is 4.12. The monoisotopic (exact) mass is 243 g/mol. The number of rotatable bonds is 3. The molecule has 1 saturated heterocycles. The van der Waals surface area contributed by atoms with Crippen molar-refractivity contribution in [1.29, 1.82) is 0 Å². The standard InChI is InChI=1S/C14H23F2N/c15-14(16)7-1-3-11(10-14)9-13(12-4-5-12)6-2-8-17-13/h11-12,17H,1-10H2. The maximum absolute atomic E-state index is 13.4. The Morgan fingerprint density at radius 1 is 1.06 bits per heavy atom. The minimum Gasteiger partial charge on any atom is -0.311 e. The summed E-state index contributed by atoms with van der Waals surface area (Å²) < 4.78 is 26.9. The van der Waals surface area contributed by atoms with Crippen LogP contribution >= 0.6 is 0 Å². The minimum atomic E-state index is -2.38. The maximum atomic E-state index is 13.4. The molecule has 3 aliphatic rings. The second-order valence-electron chi connectivity index (χ2n) is 6.48. The summed E-state index contributed by atoms with van der Waals surface area (Å²) in [6.07, 6.45) is 8.10. The van der Waals surface area contributed by atoms with Crippen LogP contribution < -0.4 is 5.32 Å². The van der Waals surface area contributed by atoms with Crippen molar-refractivity contribution in [1.82, 2.24) is 5.32 Å². The molecule has 1 nitrogen and oxygen atoms in total. The lowest BCUT2D eigenvalue weighted by Gasteiger charge is -2.37. The predicted molar refractivity (Wildman–Crippen MR) is 64.2 cm³/mol. The molecular weight excluding hydrogens is 220 g/mol. The molecule has 3 fully saturated rings. The molecule has 2 aliphatic carbocycles. The summed E-state index contributed by atoms with van der Waals surface area (Å²) in [7, 11) is 0. The van der Waals surface area contributed by atoms with Crippen LogP contribution in [0.15, 0.2) is 0 Å². The molecule has 2 saturated carbocycles. The van der Waals surface area contributed by atoms with Crippen LogP contribution in [0.4, 0.5) is 8.78 Å². The Balaban J connectivity index is 1.64. The molecule has 1 aliphatic heterocycles. The first kappa shape index (κ1) is 11.9. The average Bonchev–Trinajstić information content (AvgIpc) is 3.00. The highest BCUT2D eigenvalue weighted by molar-refractivity contribution is 5.05. The minimum absolute atomic E-state index is 0.118. The van der Waals surface area contributed by atoms with E-state index in [0.29, 0.717) is 0 Å². The molecule has 1 N–H and O–H groups in total. The summed E-state index contributed by atoms with van der Waals surface area (Å²) in [5.74, 6) is -1.34. The number of nitrogens with one attached hydrogen (secondary N) is 1. The van der Waals surface area contributed by atoms with Crippen molar-refractivity contribution in [3.05, 3.63) is 0 Å². The number of halogens is 2. The van der Waals surface area contributed by atoms with E-state index in [-0.39, 0.29) is 24.3 Å². The molecule has 0 aromatic carbocycles. The van der Waals surface area contributed by atoms with Gasteiger partial charge < -0.3 is 5.32 Å². The van der Waals surface area contributed by atoms with Crippen molar-refractivity contribution < 1.29 is 8.78 Å². The summed E-state index contributed by atoms with van der Waals surface area (Å²) in [6.45, 7) is 1.10. The SMILES string of the molecule is FC1(F)CCCC(CC2(C3CC3)CCCN2)C1. The Hall–Kier alpha value is -0.180. The highest BCUT2D eigenvalue weighted by Crippen LogP contribution is 2.50. The number of hydrogen-bond acceptors (Lipinski definition) is 1. The third-order valence-corrected chi connectivity index (χ3v) is 5.03. The van der Waals surface area contributed by atoms with Crippen molar-refractivity contribution in [2.45, 2.75) is 69.2 Å². The van der Waals surface area contributed by atoms with Crippen LogP contribution in [-0.4, -0.2) is 18.0 Å². The molecule has 0 spiro atoms. The van der Waals surface area contributed by atoms with Crippen LogP contribution in [0, 0.1) is 11.8 Å². The highest BCUT2D eigenvalue weighted by atomic mass is 19.3. The van der Waals surface area contributed by atoms with Gasteiger partial charge in [-0.05, 0) is 63.3 Å². The Morgan fingerprint density at radius 3 is 2.47 bits per heavy atom. The van der Waals surface area contributed by atoms with Gasteiger partial charge in [-0.15, -0.1) is 0 Å². The van der Waals surface area contributed by atoms with Crippen LogP contribution in [0.5, 0.6) is 0 Å². The van der Waals surface area contributed by atoms with Gasteiger partial charge in [0.25, 0.3) is 0 Å². The summed E-state index contributed by atoms with van der Waals surface area (Å²) in [5.41, 5.74) is 0.248. The molecule has 0 radical (unpaired) electrons. The first-order valence-corrected chi connectivity index (χ1v) is 7.23. The summed E-state index contributed by atoms with van der Waals surface area (Å²) in [6, 6.07) is 0. The second kappa shape index (κ2) is 4.18. The first-order chi connectivity index (χ1) is 8.10. The molecule has 2 atom stereocenters. The molecule has 2 unspecified atom stereocenters. The molecule has 0 aromatic heterocycles. The average molecular weight is 243 g/mol. The molecule has 0 amide bonds. The van der Waals surface area contributed by atoms with Crippen molar-refractivity contribution >= 4 is 0 Å². The normalized spacial score (nSPS) is 41.6. The van der Waals surface area contributed by atoms with Crippen molar-refractivity contribution in [3.63, 3.8) is 0 Å². The Kier molecular flexibility index (Phi) is 2.92. The lowest BCUT2D eigenvalue weighted by molar-refractivity contribution is -0.0576. The summed E-state index contributed by atoms with van der Waals surface area (Å²) in [4.78, 5) is 0. The topological polar surface area (TPSA) is 12.0 Å². The van der Waals surface area contributed by atoms with Gasteiger partial charge in [0, 0.05) is 18.4 Å². The predicted octanol–water partition coefficient (Wildman–Crippen LogP) is 3.73. The van der Waals surface area contributed by atoms with Gasteiger partial charge in [0.1, 0.15) is 0 Å². The van der Waals surface area contributed by atoms with Crippen molar-refractivity contribution in [2.24, 2.45) is 11.8 Å². The van der Waals surface area contributed by atoms with Crippen LogP contribution in [0.3, 0.4) is 0 Å². The van der Waals surface area contributed by atoms with E-state index in [1.54, 1.807) is 0 Å². The van der Waals surface area contributed by atoms with Crippen LogP contribution in [-0.2, 0) is 0 Å². The third-order valence-electron chi connectivity index (χ3n) is 5.03. The Morgan fingerprint density at radius 2 is 1.88 bits per heavy atom. The van der Waals surface area contributed by atoms with Gasteiger partial charge in [-0.3, -0.25) is 0 Å². The van der Waals surface area contributed by atoms with Crippen LogP contribution in [0.1, 0.15) is 57.8 Å². The quantitative estimate of drug-likeness (QED) is 0.796. The lowest BCUT2D eigenvalue weighted by Crippen LogP contribution is -2.45. The van der Waals surface area contributed by atoms with Crippen molar-refractivity contribution in [3.8, 4) is 0 Å². The van der Waals surface area contributed by atoms with Crippen LogP contribution in [0.25, 0.3) is 0 Å². The maximum Gasteiger partial charge on any atom is 0.248 e. The van der Waals surface area contributed by atoms with Gasteiger partial charge in [-0.2, -0.15) is 0 Å². The zero-order valence-corrected chi connectivity index (χ0v) is 10.5. The fraction of sp³-hybridized carbons (Fsp3) is 1.00. The van der Waals surface area contributed by atoms with Crippen LogP contribution in [0.2, 0.25) is 0 Å². The lowest BCUT2D eigenvalue weighted by atomic mass is 9.75. The largest absolute Gasteiger partial charge is 0.311 e. The van der Waals surface area contributed by atoms with E-state index in [0.717, 1.165) is 31.7 Å². The van der Waals surface area contributed by atoms with Gasteiger partial charge in [0.2, 0.25) is 5.92 Å². The molecule has 98 valence electrons. The highest BCUT2D eigenvalue weighted by Gasteiger charge is 2.49. The van der Waals surface area contributed by atoms with Gasteiger partial charge in [-0.1, -0.05) is 0 Å². The molecule has 0 bridgehead atoms. The molecule has 3 rings (SSSR count). The fourth-order valence-corrected chi connectivity index (χ4v) is 4.12. The molecule has 0 aromatic rings. The zero-order chi connectivity index (χ0) is 11.9.